The van der Waals surface area contributed by atoms with Crippen LogP contribution >= 0.6 is 0 Å². The summed E-state index contributed by atoms with van der Waals surface area (Å²) in [7, 11) is 0. The van der Waals surface area contributed by atoms with Crippen LogP contribution in [0.25, 0.3) is 0 Å². The van der Waals surface area contributed by atoms with Crippen molar-refractivity contribution < 1.29 is 14.0 Å². The first kappa shape index (κ1) is 15.2. The highest BCUT2D eigenvalue weighted by atomic mass is 19.1. The normalized spacial score (nSPS) is 17.4. The molecule has 4 nitrogen and oxygen atoms in total. The first-order valence-corrected chi connectivity index (χ1v) is 7.49. The number of benzene rings is 2. The molecule has 1 saturated heterocycles. The van der Waals surface area contributed by atoms with E-state index in [9.17, 15) is 14.0 Å². The van der Waals surface area contributed by atoms with Crippen LogP contribution in [-0.4, -0.2) is 24.4 Å². The quantitative estimate of drug-likeness (QED) is 0.947. The number of amides is 2. The van der Waals surface area contributed by atoms with Gasteiger partial charge in [0.05, 0.1) is 0 Å². The number of anilines is 1. The van der Waals surface area contributed by atoms with Crippen LogP contribution in [0.5, 0.6) is 0 Å². The fourth-order valence-corrected chi connectivity index (χ4v) is 2.65. The molecular formula is C18H17FN2O2. The molecule has 1 heterocycles. The molecule has 1 atom stereocenters. The Morgan fingerprint density at radius 1 is 1.22 bits per heavy atom. The topological polar surface area (TPSA) is 49.4 Å². The molecule has 1 aliphatic rings. The van der Waals surface area contributed by atoms with Crippen LogP contribution in [-0.2, 0) is 4.79 Å². The number of halogens is 1. The van der Waals surface area contributed by atoms with Gasteiger partial charge in [0.15, 0.2) is 0 Å². The lowest BCUT2D eigenvalue weighted by Gasteiger charge is -2.17. The van der Waals surface area contributed by atoms with Crippen LogP contribution in [0.4, 0.5) is 10.1 Å². The standard InChI is InChI=1S/C18H17FN2O2/c1-12-7-8-13(11-15(12)19)17(22)20-16-9-10-21(18(16)23)14-5-3-2-4-6-14/h2-8,11,16H,9-10H2,1H3,(H,20,22)/t16-/m0/s1. The number of carbonyl (C=O) groups excluding carboxylic acids is 2. The van der Waals surface area contributed by atoms with E-state index in [2.05, 4.69) is 5.32 Å². The third-order valence-corrected chi connectivity index (χ3v) is 4.01. The molecular weight excluding hydrogens is 295 g/mol. The highest BCUT2D eigenvalue weighted by Gasteiger charge is 2.33. The summed E-state index contributed by atoms with van der Waals surface area (Å²) in [5.74, 6) is -1.00. The van der Waals surface area contributed by atoms with Crippen molar-refractivity contribution in [3.8, 4) is 0 Å². The maximum Gasteiger partial charge on any atom is 0.252 e. The number of rotatable bonds is 3. The molecule has 1 aliphatic heterocycles. The van der Waals surface area contributed by atoms with Gasteiger partial charge in [-0.1, -0.05) is 24.3 Å². The zero-order valence-electron chi connectivity index (χ0n) is 12.8. The summed E-state index contributed by atoms with van der Waals surface area (Å²) in [6.45, 7) is 2.19. The van der Waals surface area contributed by atoms with Crippen molar-refractivity contribution >= 4 is 17.5 Å². The minimum Gasteiger partial charge on any atom is -0.340 e. The van der Waals surface area contributed by atoms with Crippen LogP contribution in [0.2, 0.25) is 0 Å². The molecule has 1 N–H and O–H groups in total. The zero-order valence-corrected chi connectivity index (χ0v) is 12.8. The van der Waals surface area contributed by atoms with Gasteiger partial charge in [-0.05, 0) is 43.2 Å². The molecule has 23 heavy (non-hydrogen) atoms. The number of nitrogens with zero attached hydrogens (tertiary/aromatic N) is 1. The monoisotopic (exact) mass is 312 g/mol. The summed E-state index contributed by atoms with van der Waals surface area (Å²) in [4.78, 5) is 26.3. The van der Waals surface area contributed by atoms with E-state index in [1.165, 1.54) is 6.07 Å². The van der Waals surface area contributed by atoms with E-state index in [0.29, 0.717) is 18.5 Å². The zero-order chi connectivity index (χ0) is 16.4. The highest BCUT2D eigenvalue weighted by molar-refractivity contribution is 6.03. The molecule has 0 saturated carbocycles. The van der Waals surface area contributed by atoms with E-state index >= 15 is 0 Å². The molecule has 0 aliphatic carbocycles. The average Bonchev–Trinajstić information content (AvgIpc) is 2.92. The predicted molar refractivity (Wildman–Crippen MR) is 85.8 cm³/mol. The van der Waals surface area contributed by atoms with Gasteiger partial charge in [-0.2, -0.15) is 0 Å². The number of hydrogen-bond acceptors (Lipinski definition) is 2. The SMILES string of the molecule is Cc1ccc(C(=O)N[C@H]2CCN(c3ccccc3)C2=O)cc1F. The largest absolute Gasteiger partial charge is 0.340 e. The van der Waals surface area contributed by atoms with E-state index < -0.39 is 17.8 Å². The van der Waals surface area contributed by atoms with E-state index in [4.69, 9.17) is 0 Å². The van der Waals surface area contributed by atoms with Crippen LogP contribution in [0, 0.1) is 12.7 Å². The van der Waals surface area contributed by atoms with Gasteiger partial charge in [0.1, 0.15) is 11.9 Å². The van der Waals surface area contributed by atoms with Crippen molar-refractivity contribution in [1.82, 2.24) is 5.32 Å². The van der Waals surface area contributed by atoms with Crippen LogP contribution < -0.4 is 10.2 Å². The van der Waals surface area contributed by atoms with Crippen LogP contribution in [0.15, 0.2) is 48.5 Å². The Hall–Kier alpha value is -2.69. The first-order valence-electron chi connectivity index (χ1n) is 7.49. The lowest BCUT2D eigenvalue weighted by molar-refractivity contribution is -0.118. The van der Waals surface area contributed by atoms with E-state index in [0.717, 1.165) is 5.69 Å². The Morgan fingerprint density at radius 3 is 2.65 bits per heavy atom. The third-order valence-electron chi connectivity index (χ3n) is 4.01. The van der Waals surface area contributed by atoms with E-state index in [1.54, 1.807) is 24.0 Å². The van der Waals surface area contributed by atoms with Crippen molar-refractivity contribution in [2.24, 2.45) is 0 Å². The fraction of sp³-hybridized carbons (Fsp3) is 0.222. The molecule has 0 unspecified atom stereocenters. The Kier molecular flexibility index (Phi) is 4.10. The van der Waals surface area contributed by atoms with E-state index in [1.807, 2.05) is 30.3 Å². The van der Waals surface area contributed by atoms with Gasteiger partial charge in [-0.3, -0.25) is 9.59 Å². The maximum absolute atomic E-state index is 13.6. The maximum atomic E-state index is 13.6. The minimum atomic E-state index is -0.577. The molecule has 118 valence electrons. The van der Waals surface area contributed by atoms with E-state index in [-0.39, 0.29) is 11.5 Å². The van der Waals surface area contributed by atoms with Gasteiger partial charge >= 0.3 is 0 Å². The highest BCUT2D eigenvalue weighted by Crippen LogP contribution is 2.21. The molecule has 1 fully saturated rings. The molecule has 2 aromatic carbocycles. The Balaban J connectivity index is 1.70. The van der Waals surface area contributed by atoms with Gasteiger partial charge in [0.25, 0.3) is 5.91 Å². The average molecular weight is 312 g/mol. The lowest BCUT2D eigenvalue weighted by atomic mass is 10.1. The van der Waals surface area contributed by atoms with Crippen LogP contribution in [0.3, 0.4) is 0 Å². The Labute approximate surface area is 133 Å². The summed E-state index contributed by atoms with van der Waals surface area (Å²) in [5.41, 5.74) is 1.52. The smallest absolute Gasteiger partial charge is 0.252 e. The molecule has 2 amide bonds. The van der Waals surface area contributed by atoms with Gasteiger partial charge in [0.2, 0.25) is 5.91 Å². The second-order valence-corrected chi connectivity index (χ2v) is 5.60. The predicted octanol–water partition coefficient (Wildman–Crippen LogP) is 2.67. The molecule has 0 spiro atoms. The molecule has 0 bridgehead atoms. The summed E-state index contributed by atoms with van der Waals surface area (Å²) < 4.78 is 13.6. The molecule has 0 radical (unpaired) electrons. The fourth-order valence-electron chi connectivity index (χ4n) is 2.65. The minimum absolute atomic E-state index is 0.142. The number of aryl methyl sites for hydroxylation is 1. The van der Waals surface area contributed by atoms with Gasteiger partial charge in [0, 0.05) is 17.8 Å². The second kappa shape index (κ2) is 6.20. The van der Waals surface area contributed by atoms with Gasteiger partial charge < -0.3 is 10.2 Å². The summed E-state index contributed by atoms with van der Waals surface area (Å²) in [6.07, 6.45) is 0.536. The van der Waals surface area contributed by atoms with Gasteiger partial charge in [-0.15, -0.1) is 0 Å². The second-order valence-electron chi connectivity index (χ2n) is 5.60. The summed E-state index contributed by atoms with van der Waals surface area (Å²) in [6, 6.07) is 13.1. The summed E-state index contributed by atoms with van der Waals surface area (Å²) >= 11 is 0. The van der Waals surface area contributed by atoms with Crippen molar-refractivity contribution in [1.29, 1.82) is 0 Å². The van der Waals surface area contributed by atoms with Crippen molar-refractivity contribution in [2.75, 3.05) is 11.4 Å². The summed E-state index contributed by atoms with van der Waals surface area (Å²) in [5, 5.41) is 2.69. The molecule has 3 rings (SSSR count). The number of hydrogen-bond donors (Lipinski definition) is 1. The Morgan fingerprint density at radius 2 is 1.96 bits per heavy atom. The molecule has 2 aromatic rings. The molecule has 5 heteroatoms. The van der Waals surface area contributed by atoms with Gasteiger partial charge in [-0.25, -0.2) is 4.39 Å². The Bertz CT molecular complexity index is 746. The first-order chi connectivity index (χ1) is 11.1. The number of para-hydroxylation sites is 1. The van der Waals surface area contributed by atoms with Crippen molar-refractivity contribution in [3.63, 3.8) is 0 Å². The molecule has 0 aromatic heterocycles. The lowest BCUT2D eigenvalue weighted by Crippen LogP contribution is -2.41. The van der Waals surface area contributed by atoms with Crippen LogP contribution in [0.1, 0.15) is 22.3 Å². The number of nitrogens with one attached hydrogen (secondary N) is 1. The number of carbonyl (C=O) groups is 2. The van der Waals surface area contributed by atoms with Crippen molar-refractivity contribution in [3.05, 3.63) is 65.5 Å². The van der Waals surface area contributed by atoms with Crippen molar-refractivity contribution in [2.45, 2.75) is 19.4 Å². The third kappa shape index (κ3) is 3.08.